The number of H-pyrrole nitrogens is 1. The Kier molecular flexibility index (Phi) is 3.75. The number of para-hydroxylation sites is 1. The maximum absolute atomic E-state index is 13.0. The lowest BCUT2D eigenvalue weighted by Gasteiger charge is -2.27. The molecule has 2 aromatic heterocycles. The van der Waals surface area contributed by atoms with Crippen molar-refractivity contribution >= 4 is 27.8 Å². The average molecular weight is 413 g/mol. The zero-order valence-electron chi connectivity index (χ0n) is 16.9. The molecule has 0 saturated carbocycles. The largest absolute Gasteiger partial charge is 0.425 e. The van der Waals surface area contributed by atoms with Crippen LogP contribution >= 0.6 is 0 Å². The van der Waals surface area contributed by atoms with E-state index < -0.39 is 11.9 Å². The molecule has 1 aliphatic heterocycles. The van der Waals surface area contributed by atoms with Crippen LogP contribution in [-0.4, -0.2) is 11.0 Å². The molecular formula is C25H19NO5. The number of pyridine rings is 1. The van der Waals surface area contributed by atoms with E-state index in [0.29, 0.717) is 34.3 Å². The van der Waals surface area contributed by atoms with Gasteiger partial charge in [-0.2, -0.15) is 0 Å². The van der Waals surface area contributed by atoms with Gasteiger partial charge in [0, 0.05) is 28.1 Å². The van der Waals surface area contributed by atoms with E-state index in [1.54, 1.807) is 0 Å². The molecule has 0 spiro atoms. The molecule has 0 amide bonds. The van der Waals surface area contributed by atoms with Crippen molar-refractivity contribution in [3.63, 3.8) is 0 Å². The highest BCUT2D eigenvalue weighted by Crippen LogP contribution is 2.46. The fourth-order valence-corrected chi connectivity index (χ4v) is 5.20. The highest BCUT2D eigenvalue weighted by molar-refractivity contribution is 5.95. The van der Waals surface area contributed by atoms with Crippen LogP contribution in [0.2, 0.25) is 0 Å². The van der Waals surface area contributed by atoms with Gasteiger partial charge in [0.05, 0.1) is 11.8 Å². The summed E-state index contributed by atoms with van der Waals surface area (Å²) in [4.78, 5) is 41.0. The van der Waals surface area contributed by atoms with Gasteiger partial charge >= 0.3 is 11.6 Å². The summed E-state index contributed by atoms with van der Waals surface area (Å²) in [7, 11) is 0. The first-order valence-corrected chi connectivity index (χ1v) is 10.5. The average Bonchev–Trinajstić information content (AvgIpc) is 3.23. The second-order valence-electron chi connectivity index (χ2n) is 8.38. The summed E-state index contributed by atoms with van der Waals surface area (Å²) >= 11 is 0. The first-order valence-electron chi connectivity index (χ1n) is 10.5. The van der Waals surface area contributed by atoms with Gasteiger partial charge in [0.25, 0.3) is 5.56 Å². The molecule has 4 aromatic rings. The van der Waals surface area contributed by atoms with Gasteiger partial charge in [-0.15, -0.1) is 0 Å². The summed E-state index contributed by atoms with van der Waals surface area (Å²) < 4.78 is 11.4. The molecule has 6 heteroatoms. The summed E-state index contributed by atoms with van der Waals surface area (Å²) in [5.74, 6) is -0.390. The molecule has 31 heavy (non-hydrogen) atoms. The van der Waals surface area contributed by atoms with E-state index in [4.69, 9.17) is 9.15 Å². The third-order valence-corrected chi connectivity index (χ3v) is 6.55. The molecule has 2 aliphatic rings. The number of hydrogen-bond donors (Lipinski definition) is 1. The summed E-state index contributed by atoms with van der Waals surface area (Å²) in [6.45, 7) is 1.90. The third kappa shape index (κ3) is 2.61. The standard InChI is InChI=1S/C25H19NO5/c1-12-9-19-22(14-6-4-7-15(14)25(29)30-19)23-21(12)16(11-20(27)31-23)17-10-13-5-2-3-8-18(13)26-24(17)28/h2-3,5,8-10,16H,4,6-7,11H2,1H3,(H,26,28)/t16-/m1/s1. The van der Waals surface area contributed by atoms with Crippen molar-refractivity contribution in [1.82, 2.24) is 4.98 Å². The first-order chi connectivity index (χ1) is 15.0. The monoisotopic (exact) mass is 413 g/mol. The quantitative estimate of drug-likeness (QED) is 0.291. The molecule has 0 saturated heterocycles. The predicted octanol–water partition coefficient (Wildman–Crippen LogP) is 3.87. The maximum atomic E-state index is 13.0. The topological polar surface area (TPSA) is 89.4 Å². The second-order valence-corrected chi connectivity index (χ2v) is 8.38. The Labute approximate surface area is 176 Å². The minimum atomic E-state index is -0.432. The molecule has 0 bridgehead atoms. The van der Waals surface area contributed by atoms with Crippen molar-refractivity contribution < 1.29 is 13.9 Å². The fraction of sp³-hybridized carbons (Fsp3) is 0.240. The van der Waals surface area contributed by atoms with Gasteiger partial charge in [-0.3, -0.25) is 9.59 Å². The number of esters is 1. The Bertz CT molecular complexity index is 1540. The molecule has 2 aromatic carbocycles. The first kappa shape index (κ1) is 18.1. The number of rotatable bonds is 1. The van der Waals surface area contributed by atoms with Crippen LogP contribution in [0.15, 0.2) is 50.4 Å². The molecular weight excluding hydrogens is 394 g/mol. The number of hydrogen-bond acceptors (Lipinski definition) is 5. The number of ether oxygens (including phenoxy) is 1. The van der Waals surface area contributed by atoms with Crippen LogP contribution in [0.1, 0.15) is 46.6 Å². The van der Waals surface area contributed by atoms with Gasteiger partial charge in [-0.1, -0.05) is 18.2 Å². The molecule has 1 atom stereocenters. The number of aromatic nitrogens is 1. The normalized spacial score (nSPS) is 17.6. The molecule has 1 aliphatic carbocycles. The Balaban J connectivity index is 1.68. The van der Waals surface area contributed by atoms with Crippen molar-refractivity contribution in [2.45, 2.75) is 38.5 Å². The summed E-state index contributed by atoms with van der Waals surface area (Å²) in [6.07, 6.45) is 2.35. The van der Waals surface area contributed by atoms with Crippen LogP contribution in [0.3, 0.4) is 0 Å². The van der Waals surface area contributed by atoms with Crippen molar-refractivity contribution in [2.75, 3.05) is 0 Å². The Hall–Kier alpha value is -3.67. The predicted molar refractivity (Wildman–Crippen MR) is 116 cm³/mol. The lowest BCUT2D eigenvalue weighted by Crippen LogP contribution is -2.27. The highest BCUT2D eigenvalue weighted by Gasteiger charge is 2.35. The fourth-order valence-electron chi connectivity index (χ4n) is 5.20. The minimum Gasteiger partial charge on any atom is -0.425 e. The highest BCUT2D eigenvalue weighted by atomic mass is 16.5. The number of carbonyl (C=O) groups excluding carboxylic acids is 1. The van der Waals surface area contributed by atoms with Crippen LogP contribution in [0.25, 0.3) is 21.9 Å². The zero-order chi connectivity index (χ0) is 21.3. The molecule has 154 valence electrons. The molecule has 3 heterocycles. The van der Waals surface area contributed by atoms with Crippen LogP contribution in [0, 0.1) is 6.92 Å². The van der Waals surface area contributed by atoms with E-state index in [9.17, 15) is 14.4 Å². The van der Waals surface area contributed by atoms with Crippen molar-refractivity contribution in [3.05, 3.63) is 85.0 Å². The van der Waals surface area contributed by atoms with Crippen LogP contribution in [0.4, 0.5) is 0 Å². The molecule has 6 nitrogen and oxygen atoms in total. The summed E-state index contributed by atoms with van der Waals surface area (Å²) in [6, 6.07) is 11.3. The Morgan fingerprint density at radius 2 is 1.84 bits per heavy atom. The van der Waals surface area contributed by atoms with E-state index in [2.05, 4.69) is 4.98 Å². The van der Waals surface area contributed by atoms with E-state index in [-0.39, 0.29) is 17.6 Å². The van der Waals surface area contributed by atoms with Gasteiger partial charge in [0.1, 0.15) is 11.3 Å². The van der Waals surface area contributed by atoms with E-state index in [0.717, 1.165) is 40.4 Å². The molecule has 0 radical (unpaired) electrons. The number of aromatic amines is 1. The third-order valence-electron chi connectivity index (χ3n) is 6.55. The molecule has 1 N–H and O–H groups in total. The number of benzene rings is 2. The minimum absolute atomic E-state index is 0.0831. The van der Waals surface area contributed by atoms with Gasteiger partial charge in [-0.05, 0) is 60.9 Å². The zero-order valence-corrected chi connectivity index (χ0v) is 16.9. The number of fused-ring (bicyclic) bond motifs is 6. The number of nitrogens with one attached hydrogen (secondary N) is 1. The Morgan fingerprint density at radius 3 is 2.71 bits per heavy atom. The SMILES string of the molecule is Cc1cc2oc(=O)c3c(c2c2c1[C@@H](c1cc4ccccc4[nH]c1=O)CC(=O)O2)CCC3. The number of carbonyl (C=O) groups is 1. The van der Waals surface area contributed by atoms with Gasteiger partial charge in [0.15, 0.2) is 0 Å². The Morgan fingerprint density at radius 1 is 1.03 bits per heavy atom. The van der Waals surface area contributed by atoms with Crippen molar-refractivity contribution in [3.8, 4) is 5.75 Å². The maximum Gasteiger partial charge on any atom is 0.339 e. The summed E-state index contributed by atoms with van der Waals surface area (Å²) in [5, 5.41) is 1.60. The van der Waals surface area contributed by atoms with Crippen LogP contribution < -0.4 is 15.9 Å². The van der Waals surface area contributed by atoms with E-state index >= 15 is 0 Å². The van der Waals surface area contributed by atoms with Crippen LogP contribution in [-0.2, 0) is 17.6 Å². The van der Waals surface area contributed by atoms with Gasteiger partial charge in [-0.25, -0.2) is 4.79 Å². The lowest BCUT2D eigenvalue weighted by molar-refractivity contribution is -0.135. The summed E-state index contributed by atoms with van der Waals surface area (Å²) in [5.41, 5.74) is 4.41. The van der Waals surface area contributed by atoms with Crippen LogP contribution in [0.5, 0.6) is 5.75 Å². The van der Waals surface area contributed by atoms with E-state index in [1.807, 2.05) is 43.3 Å². The molecule has 0 fully saturated rings. The molecule has 0 unspecified atom stereocenters. The van der Waals surface area contributed by atoms with E-state index in [1.165, 1.54) is 0 Å². The van der Waals surface area contributed by atoms with Crippen molar-refractivity contribution in [2.24, 2.45) is 0 Å². The van der Waals surface area contributed by atoms with Gasteiger partial charge < -0.3 is 14.1 Å². The number of aryl methyl sites for hydroxylation is 2. The molecule has 6 rings (SSSR count). The smallest absolute Gasteiger partial charge is 0.339 e. The second kappa shape index (κ2) is 6.41. The van der Waals surface area contributed by atoms with Gasteiger partial charge in [0.2, 0.25) is 0 Å². The van der Waals surface area contributed by atoms with Crippen molar-refractivity contribution in [1.29, 1.82) is 0 Å². The lowest BCUT2D eigenvalue weighted by atomic mass is 9.82.